The number of amides is 1. The van der Waals surface area contributed by atoms with Gasteiger partial charge in [-0.1, -0.05) is 44.2 Å². The van der Waals surface area contributed by atoms with Crippen molar-refractivity contribution >= 4 is 36.3 Å². The Bertz CT molecular complexity index is 908. The molecule has 3 rings (SSSR count). The van der Waals surface area contributed by atoms with Crippen LogP contribution in [0.4, 0.5) is 5.69 Å². The van der Waals surface area contributed by atoms with Gasteiger partial charge in [0.2, 0.25) is 0 Å². The number of hydrogen-bond donors (Lipinski definition) is 1. The number of benzene rings is 2. The quantitative estimate of drug-likeness (QED) is 0.833. The van der Waals surface area contributed by atoms with Crippen molar-refractivity contribution < 1.29 is 13.2 Å². The standard InChI is InChI=1S/C18H21N2O3PS/c1-12(2)9-13-3-5-14(6-4-13)15-7-8-16(17(24)10-15)20-11-18(21)19-25(20,22)23/h3-8,10,12H,9,11,24H2,1-2H3,(H,19,21). The lowest BCUT2D eigenvalue weighted by Gasteiger charge is -2.18. The molecule has 132 valence electrons. The number of rotatable bonds is 4. The second-order valence-electron chi connectivity index (χ2n) is 6.61. The van der Waals surface area contributed by atoms with Gasteiger partial charge >= 0.3 is 10.2 Å². The summed E-state index contributed by atoms with van der Waals surface area (Å²) in [4.78, 5) is 11.4. The third-order valence-corrected chi connectivity index (χ3v) is 5.90. The first-order valence-corrected chi connectivity index (χ1v) is 10.1. The number of anilines is 1. The lowest BCUT2D eigenvalue weighted by Crippen LogP contribution is -2.31. The van der Waals surface area contributed by atoms with E-state index in [-0.39, 0.29) is 6.54 Å². The van der Waals surface area contributed by atoms with E-state index < -0.39 is 16.1 Å². The maximum atomic E-state index is 12.0. The molecule has 1 saturated heterocycles. The molecule has 1 aliphatic heterocycles. The van der Waals surface area contributed by atoms with Gasteiger partial charge < -0.3 is 0 Å². The highest BCUT2D eigenvalue weighted by molar-refractivity contribution is 7.92. The van der Waals surface area contributed by atoms with Crippen LogP contribution in [0, 0.1) is 5.92 Å². The second-order valence-corrected chi connectivity index (χ2v) is 8.82. The molecule has 0 saturated carbocycles. The van der Waals surface area contributed by atoms with Crippen LogP contribution in [-0.4, -0.2) is 20.9 Å². The van der Waals surface area contributed by atoms with Crippen LogP contribution in [0.2, 0.25) is 0 Å². The van der Waals surface area contributed by atoms with Crippen LogP contribution >= 0.6 is 9.24 Å². The SMILES string of the molecule is CC(C)Cc1ccc(-c2ccc(N3CC(=O)NS3(=O)=O)c(P)c2)cc1. The summed E-state index contributed by atoms with van der Waals surface area (Å²) in [6.07, 6.45) is 1.04. The number of carbonyl (C=O) groups excluding carboxylic acids is 1. The Hall–Kier alpha value is -1.91. The summed E-state index contributed by atoms with van der Waals surface area (Å²) in [6, 6.07) is 13.9. The van der Waals surface area contributed by atoms with E-state index in [4.69, 9.17) is 0 Å². The molecule has 5 nitrogen and oxygen atoms in total. The lowest BCUT2D eigenvalue weighted by atomic mass is 9.99. The molecule has 0 aromatic heterocycles. The molecule has 0 aliphatic carbocycles. The first kappa shape index (κ1) is 17.9. The maximum absolute atomic E-state index is 12.0. The van der Waals surface area contributed by atoms with E-state index >= 15 is 0 Å². The van der Waals surface area contributed by atoms with Gasteiger partial charge in [-0.2, -0.15) is 8.42 Å². The third-order valence-electron chi connectivity index (χ3n) is 4.05. The van der Waals surface area contributed by atoms with E-state index in [9.17, 15) is 13.2 Å². The van der Waals surface area contributed by atoms with Crippen LogP contribution in [0.3, 0.4) is 0 Å². The van der Waals surface area contributed by atoms with Crippen molar-refractivity contribution in [3.8, 4) is 11.1 Å². The molecule has 1 fully saturated rings. The molecule has 0 bridgehead atoms. The predicted molar refractivity (Wildman–Crippen MR) is 104 cm³/mol. The van der Waals surface area contributed by atoms with Gasteiger partial charge in [0, 0.05) is 0 Å². The largest absolute Gasteiger partial charge is 0.326 e. The molecule has 25 heavy (non-hydrogen) atoms. The molecule has 1 atom stereocenters. The molecule has 7 heteroatoms. The Labute approximate surface area is 150 Å². The highest BCUT2D eigenvalue weighted by Gasteiger charge is 2.34. The molecule has 2 aromatic rings. The molecule has 1 N–H and O–H groups in total. The fourth-order valence-electron chi connectivity index (χ4n) is 2.93. The van der Waals surface area contributed by atoms with Crippen molar-refractivity contribution in [3.05, 3.63) is 48.0 Å². The zero-order chi connectivity index (χ0) is 18.2. The van der Waals surface area contributed by atoms with E-state index in [0.29, 0.717) is 11.6 Å². The van der Waals surface area contributed by atoms with Gasteiger partial charge in [-0.05, 0) is 46.5 Å². The fraction of sp³-hybridized carbons (Fsp3) is 0.278. The van der Waals surface area contributed by atoms with Crippen molar-refractivity contribution in [2.45, 2.75) is 20.3 Å². The molecule has 0 radical (unpaired) electrons. The number of nitrogens with one attached hydrogen (secondary N) is 1. The van der Waals surface area contributed by atoms with E-state index in [1.165, 1.54) is 5.56 Å². The minimum absolute atomic E-state index is 0.188. The van der Waals surface area contributed by atoms with Crippen molar-refractivity contribution in [1.82, 2.24) is 4.72 Å². The Kier molecular flexibility index (Phi) is 4.85. The van der Waals surface area contributed by atoms with Gasteiger partial charge in [-0.3, -0.25) is 4.79 Å². The zero-order valence-corrected chi connectivity index (χ0v) is 16.2. The number of hydrogen-bond acceptors (Lipinski definition) is 3. The minimum atomic E-state index is -3.79. The average Bonchev–Trinajstić information content (AvgIpc) is 2.80. The summed E-state index contributed by atoms with van der Waals surface area (Å²) in [6.45, 7) is 4.20. The van der Waals surface area contributed by atoms with Gasteiger partial charge in [0.25, 0.3) is 5.91 Å². The summed E-state index contributed by atoms with van der Waals surface area (Å²) in [5.74, 6) is 0.0942. The lowest BCUT2D eigenvalue weighted by molar-refractivity contribution is -0.117. The highest BCUT2D eigenvalue weighted by atomic mass is 32.2. The summed E-state index contributed by atoms with van der Waals surface area (Å²) < 4.78 is 27.1. The molecule has 1 amide bonds. The number of nitrogens with zero attached hydrogens (tertiary/aromatic N) is 1. The highest BCUT2D eigenvalue weighted by Crippen LogP contribution is 2.26. The predicted octanol–water partition coefficient (Wildman–Crippen LogP) is 2.23. The average molecular weight is 376 g/mol. The third kappa shape index (κ3) is 3.86. The van der Waals surface area contributed by atoms with E-state index in [2.05, 4.69) is 47.4 Å². The summed E-state index contributed by atoms with van der Waals surface area (Å²) in [5, 5.41) is 0.726. The Morgan fingerprint density at radius 2 is 1.76 bits per heavy atom. The smallest absolute Gasteiger partial charge is 0.272 e. The molecule has 1 heterocycles. The van der Waals surface area contributed by atoms with Crippen molar-refractivity contribution in [3.63, 3.8) is 0 Å². The minimum Gasteiger partial charge on any atom is -0.272 e. The van der Waals surface area contributed by atoms with E-state index in [1.54, 1.807) is 6.07 Å². The van der Waals surface area contributed by atoms with Crippen LogP contribution in [-0.2, 0) is 21.4 Å². The Morgan fingerprint density at radius 1 is 1.12 bits per heavy atom. The van der Waals surface area contributed by atoms with Crippen LogP contribution in [0.1, 0.15) is 19.4 Å². The normalized spacial score (nSPS) is 16.3. The zero-order valence-electron chi connectivity index (χ0n) is 14.2. The monoisotopic (exact) mass is 376 g/mol. The molecule has 1 aliphatic rings. The molecule has 1 unspecified atom stereocenters. The van der Waals surface area contributed by atoms with Gasteiger partial charge in [0.15, 0.2) is 0 Å². The summed E-state index contributed by atoms with van der Waals surface area (Å²) in [5.41, 5.74) is 3.86. The van der Waals surface area contributed by atoms with Crippen molar-refractivity contribution in [2.75, 3.05) is 10.8 Å². The topological polar surface area (TPSA) is 66.5 Å². The van der Waals surface area contributed by atoms with Gasteiger partial charge in [-0.25, -0.2) is 9.03 Å². The Morgan fingerprint density at radius 3 is 2.28 bits per heavy atom. The summed E-state index contributed by atoms with van der Waals surface area (Å²) in [7, 11) is -1.23. The van der Waals surface area contributed by atoms with Crippen molar-refractivity contribution in [2.24, 2.45) is 5.92 Å². The first-order chi connectivity index (χ1) is 11.8. The number of carbonyl (C=O) groups is 1. The molecule has 0 spiro atoms. The van der Waals surface area contributed by atoms with Crippen LogP contribution in [0.5, 0.6) is 0 Å². The van der Waals surface area contributed by atoms with E-state index in [1.807, 2.05) is 16.9 Å². The Balaban J connectivity index is 1.89. The van der Waals surface area contributed by atoms with Gasteiger partial charge in [-0.15, -0.1) is 9.24 Å². The van der Waals surface area contributed by atoms with Crippen LogP contribution in [0.15, 0.2) is 42.5 Å². The van der Waals surface area contributed by atoms with Crippen LogP contribution < -0.4 is 14.3 Å². The molecule has 2 aromatic carbocycles. The molecular formula is C18H21N2O3PS. The van der Waals surface area contributed by atoms with Crippen molar-refractivity contribution in [1.29, 1.82) is 0 Å². The van der Waals surface area contributed by atoms with Gasteiger partial charge in [0.05, 0.1) is 5.69 Å². The maximum Gasteiger partial charge on any atom is 0.326 e. The fourth-order valence-corrected chi connectivity index (χ4v) is 4.63. The first-order valence-electron chi connectivity index (χ1n) is 8.08. The second kappa shape index (κ2) is 6.77. The molecular weight excluding hydrogens is 355 g/mol. The van der Waals surface area contributed by atoms with Gasteiger partial charge in [0.1, 0.15) is 6.54 Å². The van der Waals surface area contributed by atoms with E-state index in [0.717, 1.165) is 27.2 Å². The van der Waals surface area contributed by atoms with Crippen LogP contribution in [0.25, 0.3) is 11.1 Å². The summed E-state index contributed by atoms with van der Waals surface area (Å²) >= 11 is 0.